The van der Waals surface area contributed by atoms with Crippen molar-refractivity contribution in [3.05, 3.63) is 83.2 Å². The van der Waals surface area contributed by atoms with E-state index in [1.807, 2.05) is 74.1 Å². The van der Waals surface area contributed by atoms with Crippen molar-refractivity contribution in [2.24, 2.45) is 0 Å². The Balaban J connectivity index is 1.80. The molecule has 5 rings (SSSR count). The fourth-order valence-electron chi connectivity index (χ4n) is 4.41. The lowest BCUT2D eigenvalue weighted by atomic mass is 9.89. The van der Waals surface area contributed by atoms with Crippen molar-refractivity contribution >= 4 is 28.6 Å². The molecule has 39 heavy (non-hydrogen) atoms. The van der Waals surface area contributed by atoms with E-state index in [0.29, 0.717) is 32.6 Å². The van der Waals surface area contributed by atoms with Crippen LogP contribution in [0.2, 0.25) is 0 Å². The molecule has 3 aromatic rings. The predicted octanol–water partition coefficient (Wildman–Crippen LogP) is 3.48. The number of aromatic hydroxyl groups is 2. The normalized spacial score (nSPS) is 11.1. The lowest BCUT2D eigenvalue weighted by Gasteiger charge is -2.19. The maximum Gasteiger partial charge on any atom is 0.363 e. The van der Waals surface area contributed by atoms with Crippen LogP contribution in [0.25, 0.3) is 33.4 Å². The maximum atomic E-state index is 13.0. The van der Waals surface area contributed by atoms with Gasteiger partial charge in [-0.1, -0.05) is 0 Å². The first-order valence-electron chi connectivity index (χ1n) is 11.9. The minimum absolute atomic E-state index is 0.0133. The number of hydrogen-bond donors (Lipinski definition) is 3. The van der Waals surface area contributed by atoms with Crippen molar-refractivity contribution in [2.75, 3.05) is 33.1 Å². The van der Waals surface area contributed by atoms with Gasteiger partial charge in [-0.3, -0.25) is 0 Å². The Morgan fingerprint density at radius 3 is 2.26 bits per heavy atom. The van der Waals surface area contributed by atoms with Gasteiger partial charge in [-0.05, 0) is 42.0 Å². The van der Waals surface area contributed by atoms with E-state index in [1.165, 1.54) is 18.2 Å². The first-order chi connectivity index (χ1) is 18.5. The van der Waals surface area contributed by atoms with Crippen molar-refractivity contribution in [3.8, 4) is 34.2 Å². The molecule has 0 atom stereocenters. The number of aromatic nitrogens is 1. The summed E-state index contributed by atoms with van der Waals surface area (Å²) in [4.78, 5) is 32.4. The molecule has 0 saturated carbocycles. The molecule has 1 aliphatic carbocycles. The molecule has 0 unspecified atom stereocenters. The van der Waals surface area contributed by atoms with Gasteiger partial charge in [0.1, 0.15) is 25.4 Å². The number of carbonyl (C=O) groups excluding carboxylic acids is 1. The number of carboxylic acids is 1. The summed E-state index contributed by atoms with van der Waals surface area (Å²) in [5.74, 6) is -2.50. The van der Waals surface area contributed by atoms with E-state index >= 15 is 0 Å². The summed E-state index contributed by atoms with van der Waals surface area (Å²) in [6, 6.07) is 17.7. The molecule has 3 N–H and O–H groups in total. The molecule has 0 fully saturated rings. The lowest BCUT2D eigenvalue weighted by molar-refractivity contribution is 0.0381. The Morgan fingerprint density at radius 2 is 1.62 bits per heavy atom. The average molecular weight is 529 g/mol. The molecule has 2 aliphatic rings. The second-order valence-corrected chi connectivity index (χ2v) is 9.42. The molecule has 1 aromatic heterocycles. The zero-order chi connectivity index (χ0) is 28.0. The van der Waals surface area contributed by atoms with Crippen molar-refractivity contribution in [1.82, 2.24) is 9.31 Å². The van der Waals surface area contributed by atoms with Gasteiger partial charge in [-0.15, -0.1) is 4.73 Å². The molecule has 1 aliphatic heterocycles. The number of carbonyl (C=O) groups is 2. The van der Waals surface area contributed by atoms with Crippen molar-refractivity contribution in [1.29, 1.82) is 0 Å². The highest BCUT2D eigenvalue weighted by molar-refractivity contribution is 6.09. The van der Waals surface area contributed by atoms with E-state index in [9.17, 15) is 24.9 Å². The van der Waals surface area contributed by atoms with Crippen molar-refractivity contribution in [2.45, 2.75) is 0 Å². The number of nitrogens with zero attached hydrogens (tertiary/aromatic N) is 3. The fraction of sp³-hybridized carbons (Fsp3) is 0.138. The number of rotatable bonds is 5. The van der Waals surface area contributed by atoms with E-state index in [4.69, 9.17) is 9.25 Å². The predicted molar refractivity (Wildman–Crippen MR) is 145 cm³/mol. The molecule has 0 amide bonds. The van der Waals surface area contributed by atoms with Crippen molar-refractivity contribution < 1.29 is 34.2 Å². The summed E-state index contributed by atoms with van der Waals surface area (Å²) in [6.07, 6.45) is 0. The molecule has 2 aromatic carbocycles. The van der Waals surface area contributed by atoms with Gasteiger partial charge in [-0.2, -0.15) is 0 Å². The Morgan fingerprint density at radius 1 is 0.897 bits per heavy atom. The summed E-state index contributed by atoms with van der Waals surface area (Å²) in [5, 5.41) is 31.4. The second-order valence-electron chi connectivity index (χ2n) is 9.42. The zero-order valence-corrected chi connectivity index (χ0v) is 21.7. The quantitative estimate of drug-likeness (QED) is 0.234. The molecular formula is C29H26N3O7+. The molecule has 10 nitrogen and oxygen atoms in total. The van der Waals surface area contributed by atoms with E-state index in [1.54, 1.807) is 0 Å². The minimum Gasteiger partial charge on any atom is -0.492 e. The summed E-state index contributed by atoms with van der Waals surface area (Å²) >= 11 is 0. The average Bonchev–Trinajstić information content (AvgIpc) is 3.22. The van der Waals surface area contributed by atoms with Crippen LogP contribution in [-0.4, -0.2) is 60.2 Å². The van der Waals surface area contributed by atoms with E-state index < -0.39 is 23.7 Å². The van der Waals surface area contributed by atoms with Gasteiger partial charge in [0.15, 0.2) is 0 Å². The van der Waals surface area contributed by atoms with Gasteiger partial charge >= 0.3 is 11.9 Å². The van der Waals surface area contributed by atoms with E-state index in [2.05, 4.69) is 0 Å². The Bertz CT molecular complexity index is 1790. The van der Waals surface area contributed by atoms with Crippen LogP contribution in [0.3, 0.4) is 0 Å². The van der Waals surface area contributed by atoms with Gasteiger partial charge in [0.2, 0.25) is 17.1 Å². The topological polar surface area (TPSA) is 128 Å². The Kier molecular flexibility index (Phi) is 6.23. The Hall–Kier alpha value is -5.25. The molecule has 198 valence electrons. The van der Waals surface area contributed by atoms with Crippen LogP contribution in [-0.2, 0) is 0 Å². The number of benzene rings is 3. The zero-order valence-electron chi connectivity index (χ0n) is 21.7. The third kappa shape index (κ3) is 4.52. The summed E-state index contributed by atoms with van der Waals surface area (Å²) in [5.41, 5.74) is 2.91. The SMILES string of the molecule is CN(C)c1ccc2c(-c3cc(C(=O)On4c(O)ccc4O)ccc3C(=O)O)c3ccc(=[N+](C)C)cc-3oc2c1. The third-order valence-electron chi connectivity index (χ3n) is 6.45. The van der Waals surface area contributed by atoms with Crippen LogP contribution in [0.1, 0.15) is 20.7 Å². The second kappa shape index (κ2) is 9.56. The largest absolute Gasteiger partial charge is 0.492 e. The van der Waals surface area contributed by atoms with E-state index in [0.717, 1.165) is 23.2 Å². The number of aromatic carboxylic acids is 1. The standard InChI is InChI=1S/C29H25N3O7/c1-30(2)17-6-9-20-23(14-17)38-24-15-18(31(3)4)7-10-21(24)27(20)22-13-16(5-8-19(22)28(35)36)29(37)39-32-25(33)11-12-26(32)34/h5-15H,1-4H3,(H2-,33,34,35,36)/p+1. The number of anilines is 1. The van der Waals surface area contributed by atoms with Crippen LogP contribution >= 0.6 is 0 Å². The van der Waals surface area contributed by atoms with Crippen molar-refractivity contribution in [3.63, 3.8) is 0 Å². The van der Waals surface area contributed by atoms with Crippen LogP contribution in [0.5, 0.6) is 11.8 Å². The number of fused-ring (bicyclic) bond motifs is 2. The monoisotopic (exact) mass is 528 g/mol. The molecule has 0 bridgehead atoms. The highest BCUT2D eigenvalue weighted by Gasteiger charge is 2.24. The van der Waals surface area contributed by atoms with E-state index in [-0.39, 0.29) is 16.7 Å². The van der Waals surface area contributed by atoms with Gasteiger partial charge in [0.25, 0.3) is 0 Å². The first-order valence-corrected chi connectivity index (χ1v) is 11.9. The summed E-state index contributed by atoms with van der Waals surface area (Å²) < 4.78 is 8.82. The van der Waals surface area contributed by atoms with Gasteiger partial charge in [0.05, 0.1) is 17.2 Å². The third-order valence-corrected chi connectivity index (χ3v) is 6.45. The summed E-state index contributed by atoms with van der Waals surface area (Å²) in [7, 11) is 7.63. The highest BCUT2D eigenvalue weighted by atomic mass is 16.7. The van der Waals surface area contributed by atoms with Crippen LogP contribution in [0.4, 0.5) is 5.69 Å². The first kappa shape index (κ1) is 25.4. The number of hydrogen-bond acceptors (Lipinski definition) is 7. The maximum absolute atomic E-state index is 13.0. The molecule has 0 spiro atoms. The fourth-order valence-corrected chi connectivity index (χ4v) is 4.41. The minimum atomic E-state index is -1.18. The smallest absolute Gasteiger partial charge is 0.363 e. The highest BCUT2D eigenvalue weighted by Crippen LogP contribution is 2.42. The van der Waals surface area contributed by atoms with Crippen LogP contribution in [0.15, 0.2) is 71.1 Å². The molecule has 2 heterocycles. The summed E-state index contributed by atoms with van der Waals surface area (Å²) in [6.45, 7) is 0. The molecule has 10 heteroatoms. The van der Waals surface area contributed by atoms with Gasteiger partial charge in [0, 0.05) is 60.6 Å². The lowest BCUT2D eigenvalue weighted by Crippen LogP contribution is -2.21. The van der Waals surface area contributed by atoms with Gasteiger partial charge < -0.3 is 29.5 Å². The molecule has 0 saturated heterocycles. The van der Waals surface area contributed by atoms with Crippen LogP contribution in [0, 0.1) is 0 Å². The molecular weight excluding hydrogens is 502 g/mol. The molecule has 0 radical (unpaired) electrons. The van der Waals surface area contributed by atoms with Crippen LogP contribution < -0.4 is 19.7 Å². The Labute approximate surface area is 222 Å². The number of carboxylic acid groups (broad SMARTS) is 1. The van der Waals surface area contributed by atoms with Gasteiger partial charge in [-0.25, -0.2) is 14.2 Å².